The second-order valence-electron chi connectivity index (χ2n) is 6.34. The second kappa shape index (κ2) is 6.23. The summed E-state index contributed by atoms with van der Waals surface area (Å²) in [5.74, 6) is -1.09. The van der Waals surface area contributed by atoms with Gasteiger partial charge in [0.1, 0.15) is 6.04 Å². The molecule has 0 aromatic heterocycles. The molecule has 3 N–H and O–H groups in total. The first-order valence-corrected chi connectivity index (χ1v) is 7.74. The summed E-state index contributed by atoms with van der Waals surface area (Å²) in [7, 11) is 0. The molecule has 7 nitrogen and oxygen atoms in total. The first kappa shape index (κ1) is 17.8. The third-order valence-corrected chi connectivity index (χ3v) is 4.17. The Morgan fingerprint density at radius 3 is 2.33 bits per heavy atom. The van der Waals surface area contributed by atoms with E-state index in [1.54, 1.807) is 20.8 Å². The van der Waals surface area contributed by atoms with Gasteiger partial charge in [0.15, 0.2) is 5.60 Å². The van der Waals surface area contributed by atoms with Crippen LogP contribution in [-0.2, 0) is 14.4 Å². The van der Waals surface area contributed by atoms with Gasteiger partial charge >= 0.3 is 5.97 Å². The molecular weight excluding hydrogens is 296 g/mol. The average molecular weight is 318 g/mol. The van der Waals surface area contributed by atoms with Crippen LogP contribution in [0.4, 0.5) is 0 Å². The van der Waals surface area contributed by atoms with E-state index in [4.69, 9.17) is 5.11 Å². The van der Waals surface area contributed by atoms with Crippen molar-refractivity contribution in [1.82, 2.24) is 10.2 Å². The Bertz CT molecular complexity index is 444. The fourth-order valence-electron chi connectivity index (χ4n) is 1.74. The Hall–Kier alpha value is -1.28. The highest BCUT2D eigenvalue weighted by atomic mass is 32.2. The number of thioether (sulfide) groups is 1. The number of carboxylic acids is 1. The molecule has 21 heavy (non-hydrogen) atoms. The van der Waals surface area contributed by atoms with Gasteiger partial charge in [0.25, 0.3) is 0 Å². The van der Waals surface area contributed by atoms with E-state index in [0.29, 0.717) is 11.6 Å². The lowest BCUT2D eigenvalue weighted by atomic mass is 9.94. The standard InChI is InChI=1S/C13H22N2O5S/c1-12(2,3)10(17)15-7-21-5-8(15)9(16)14-6-13(4,20)11(18)19/h8,20H,5-7H2,1-4H3,(H,14,16)(H,18,19). The highest BCUT2D eigenvalue weighted by Gasteiger charge is 2.40. The molecule has 0 bridgehead atoms. The number of carbonyl (C=O) groups is 3. The lowest BCUT2D eigenvalue weighted by Crippen LogP contribution is -2.54. The number of aliphatic hydroxyl groups is 1. The molecular formula is C13H22N2O5S. The maximum absolute atomic E-state index is 12.3. The van der Waals surface area contributed by atoms with Crippen LogP contribution >= 0.6 is 11.8 Å². The van der Waals surface area contributed by atoms with E-state index in [0.717, 1.165) is 6.92 Å². The van der Waals surface area contributed by atoms with Crippen LogP contribution in [0.2, 0.25) is 0 Å². The van der Waals surface area contributed by atoms with Crippen LogP contribution in [0, 0.1) is 5.41 Å². The topological polar surface area (TPSA) is 107 Å². The summed E-state index contributed by atoms with van der Waals surface area (Å²) >= 11 is 1.47. The summed E-state index contributed by atoms with van der Waals surface area (Å²) < 4.78 is 0. The van der Waals surface area contributed by atoms with Gasteiger partial charge in [0.05, 0.1) is 12.4 Å². The van der Waals surface area contributed by atoms with Crippen LogP contribution in [-0.4, -0.2) is 62.7 Å². The minimum absolute atomic E-state index is 0.127. The number of hydrogen-bond donors (Lipinski definition) is 3. The van der Waals surface area contributed by atoms with Crippen LogP contribution < -0.4 is 5.32 Å². The molecule has 120 valence electrons. The Labute approximate surface area is 128 Å². The van der Waals surface area contributed by atoms with E-state index in [1.165, 1.54) is 16.7 Å². The second-order valence-corrected chi connectivity index (χ2v) is 7.34. The fourth-order valence-corrected chi connectivity index (χ4v) is 2.90. The van der Waals surface area contributed by atoms with Crippen molar-refractivity contribution >= 4 is 29.5 Å². The molecule has 0 aromatic rings. The first-order valence-electron chi connectivity index (χ1n) is 6.59. The first-order chi connectivity index (χ1) is 9.47. The van der Waals surface area contributed by atoms with Crippen LogP contribution in [0.15, 0.2) is 0 Å². The number of carboxylic acid groups (broad SMARTS) is 1. The van der Waals surface area contributed by atoms with Crippen molar-refractivity contribution in [3.63, 3.8) is 0 Å². The Morgan fingerprint density at radius 1 is 1.29 bits per heavy atom. The van der Waals surface area contributed by atoms with E-state index >= 15 is 0 Å². The summed E-state index contributed by atoms with van der Waals surface area (Å²) in [6.07, 6.45) is 0. The van der Waals surface area contributed by atoms with E-state index < -0.39 is 35.5 Å². The van der Waals surface area contributed by atoms with Crippen molar-refractivity contribution in [2.24, 2.45) is 5.41 Å². The molecule has 1 aliphatic rings. The summed E-state index contributed by atoms with van der Waals surface area (Å²) in [6.45, 7) is 6.05. The summed E-state index contributed by atoms with van der Waals surface area (Å²) in [5, 5.41) is 20.8. The molecule has 1 aliphatic heterocycles. The summed E-state index contributed by atoms with van der Waals surface area (Å²) in [4.78, 5) is 36.7. The zero-order valence-corrected chi connectivity index (χ0v) is 13.5. The van der Waals surface area contributed by atoms with Gasteiger partial charge in [-0.1, -0.05) is 20.8 Å². The predicted molar refractivity (Wildman–Crippen MR) is 78.7 cm³/mol. The van der Waals surface area contributed by atoms with E-state index in [-0.39, 0.29) is 5.91 Å². The van der Waals surface area contributed by atoms with E-state index in [1.807, 2.05) is 0 Å². The van der Waals surface area contributed by atoms with Gasteiger partial charge in [-0.2, -0.15) is 0 Å². The molecule has 0 saturated carbocycles. The highest BCUT2D eigenvalue weighted by Crippen LogP contribution is 2.27. The van der Waals surface area contributed by atoms with E-state index in [9.17, 15) is 19.5 Å². The quantitative estimate of drug-likeness (QED) is 0.667. The van der Waals surface area contributed by atoms with Crippen molar-refractivity contribution in [3.8, 4) is 0 Å². The third kappa shape index (κ3) is 4.34. The van der Waals surface area contributed by atoms with Gasteiger partial charge in [0, 0.05) is 11.2 Å². The normalized spacial score (nSPS) is 21.8. The maximum Gasteiger partial charge on any atom is 0.337 e. The number of amides is 2. The number of nitrogens with one attached hydrogen (secondary N) is 1. The van der Waals surface area contributed by atoms with Crippen molar-refractivity contribution in [2.75, 3.05) is 18.2 Å². The molecule has 2 unspecified atom stereocenters. The average Bonchev–Trinajstić information content (AvgIpc) is 2.82. The molecule has 8 heteroatoms. The van der Waals surface area contributed by atoms with Crippen molar-refractivity contribution < 1.29 is 24.6 Å². The molecule has 1 heterocycles. The predicted octanol–water partition coefficient (Wildman–Crippen LogP) is -0.114. The zero-order chi connectivity index (χ0) is 16.4. The largest absolute Gasteiger partial charge is 0.479 e. The van der Waals surface area contributed by atoms with Gasteiger partial charge in [-0.15, -0.1) is 11.8 Å². The summed E-state index contributed by atoms with van der Waals surface area (Å²) in [6, 6.07) is -0.633. The molecule has 0 spiro atoms. The summed E-state index contributed by atoms with van der Waals surface area (Å²) in [5.41, 5.74) is -2.61. The van der Waals surface area contributed by atoms with Gasteiger partial charge in [-0.05, 0) is 6.92 Å². The Morgan fingerprint density at radius 2 is 1.86 bits per heavy atom. The van der Waals surface area contributed by atoms with Gasteiger partial charge < -0.3 is 20.4 Å². The van der Waals surface area contributed by atoms with Crippen LogP contribution in [0.3, 0.4) is 0 Å². The fraction of sp³-hybridized carbons (Fsp3) is 0.769. The number of aliphatic carboxylic acids is 1. The Balaban J connectivity index is 2.69. The van der Waals surface area contributed by atoms with E-state index in [2.05, 4.69) is 5.32 Å². The molecule has 0 aliphatic carbocycles. The lowest BCUT2D eigenvalue weighted by Gasteiger charge is -2.30. The molecule has 2 amide bonds. The van der Waals surface area contributed by atoms with Crippen LogP contribution in [0.1, 0.15) is 27.7 Å². The van der Waals surface area contributed by atoms with Gasteiger partial charge in [0.2, 0.25) is 11.8 Å². The molecule has 0 radical (unpaired) electrons. The molecule has 1 fully saturated rings. The zero-order valence-electron chi connectivity index (χ0n) is 12.7. The number of rotatable bonds is 4. The molecule has 1 rings (SSSR count). The molecule has 0 aromatic carbocycles. The maximum atomic E-state index is 12.3. The molecule has 1 saturated heterocycles. The number of nitrogens with zero attached hydrogens (tertiary/aromatic N) is 1. The molecule has 2 atom stereocenters. The number of carbonyl (C=O) groups excluding carboxylic acids is 2. The monoisotopic (exact) mass is 318 g/mol. The van der Waals surface area contributed by atoms with Crippen LogP contribution in [0.25, 0.3) is 0 Å². The van der Waals surface area contributed by atoms with Crippen molar-refractivity contribution in [3.05, 3.63) is 0 Å². The van der Waals surface area contributed by atoms with Gasteiger partial charge in [-0.25, -0.2) is 4.79 Å². The number of hydrogen-bond acceptors (Lipinski definition) is 5. The minimum atomic E-state index is -2.03. The van der Waals surface area contributed by atoms with Crippen molar-refractivity contribution in [2.45, 2.75) is 39.3 Å². The Kier molecular flexibility index (Phi) is 5.27. The highest BCUT2D eigenvalue weighted by molar-refractivity contribution is 7.99. The smallest absolute Gasteiger partial charge is 0.337 e. The third-order valence-electron chi connectivity index (χ3n) is 3.15. The minimum Gasteiger partial charge on any atom is -0.479 e. The lowest BCUT2D eigenvalue weighted by molar-refractivity contribution is -0.156. The van der Waals surface area contributed by atoms with Crippen molar-refractivity contribution in [1.29, 1.82) is 0 Å². The SMILES string of the molecule is CC(C)(C)C(=O)N1CSCC1C(=O)NCC(C)(O)C(=O)O. The van der Waals surface area contributed by atoms with Gasteiger partial charge in [-0.3, -0.25) is 9.59 Å². The van der Waals surface area contributed by atoms with Crippen LogP contribution in [0.5, 0.6) is 0 Å².